The van der Waals surface area contributed by atoms with E-state index in [2.05, 4.69) is 71.7 Å². The van der Waals surface area contributed by atoms with Crippen molar-refractivity contribution in [2.24, 2.45) is 0 Å². The number of aryl methyl sites for hydroxylation is 1. The molecule has 1 atom stereocenters. The van der Waals surface area contributed by atoms with Gasteiger partial charge in [-0.05, 0) is 56.0 Å². The van der Waals surface area contributed by atoms with Gasteiger partial charge in [0, 0.05) is 94.3 Å². The SMILES string of the molecule is CNc1nc(NC2CCN(Cc3ccc4c(cc(C#N)n4C[C@H](C)N4CCN(S(=O)(=O)NC)CC4)c3C)CC2)c2cc(CC(F)(F)F)sc2n1. The van der Waals surface area contributed by atoms with Crippen LogP contribution in [0.25, 0.3) is 21.1 Å². The number of halogens is 3. The van der Waals surface area contributed by atoms with Crippen LogP contribution in [0.1, 0.15) is 41.5 Å². The zero-order chi connectivity index (χ0) is 35.8. The molecule has 12 nitrogen and oxygen atoms in total. The van der Waals surface area contributed by atoms with Crippen molar-refractivity contribution < 1.29 is 21.6 Å². The highest BCUT2D eigenvalue weighted by Gasteiger charge is 2.31. The molecule has 2 aliphatic heterocycles. The molecule has 6 rings (SSSR count). The second-order valence-electron chi connectivity index (χ2n) is 13.1. The Kier molecular flexibility index (Phi) is 10.6. The fourth-order valence-corrected chi connectivity index (χ4v) is 8.98. The van der Waals surface area contributed by atoms with Crippen molar-refractivity contribution in [3.8, 4) is 6.07 Å². The quantitative estimate of drug-likeness (QED) is 0.204. The van der Waals surface area contributed by atoms with E-state index in [1.165, 1.54) is 16.9 Å². The van der Waals surface area contributed by atoms with E-state index in [4.69, 9.17) is 0 Å². The normalized spacial score (nSPS) is 18.1. The van der Waals surface area contributed by atoms with Gasteiger partial charge in [0.1, 0.15) is 22.4 Å². The Hall–Kier alpha value is -3.53. The van der Waals surface area contributed by atoms with Crippen LogP contribution >= 0.6 is 11.3 Å². The number of nitriles is 1. The van der Waals surface area contributed by atoms with Crippen molar-refractivity contribution in [1.82, 2.24) is 33.4 Å². The number of alkyl halides is 3. The first-order valence-electron chi connectivity index (χ1n) is 16.8. The number of fused-ring (bicyclic) bond motifs is 2. The van der Waals surface area contributed by atoms with Gasteiger partial charge in [-0.25, -0.2) is 9.71 Å². The van der Waals surface area contributed by atoms with Crippen LogP contribution in [-0.2, 0) is 29.7 Å². The summed E-state index contributed by atoms with van der Waals surface area (Å²) in [6.45, 7) is 9.38. The van der Waals surface area contributed by atoms with Gasteiger partial charge >= 0.3 is 6.18 Å². The van der Waals surface area contributed by atoms with Gasteiger partial charge in [-0.15, -0.1) is 11.3 Å². The molecule has 2 aliphatic rings. The summed E-state index contributed by atoms with van der Waals surface area (Å²) in [5.74, 6) is 0.923. The highest BCUT2D eigenvalue weighted by molar-refractivity contribution is 7.87. The zero-order valence-corrected chi connectivity index (χ0v) is 30.3. The summed E-state index contributed by atoms with van der Waals surface area (Å²) in [6.07, 6.45) is -3.58. The van der Waals surface area contributed by atoms with E-state index < -0.39 is 22.8 Å². The molecule has 3 N–H and O–H groups in total. The molecule has 5 heterocycles. The summed E-state index contributed by atoms with van der Waals surface area (Å²) in [4.78, 5) is 14.4. The molecule has 4 aromatic rings. The van der Waals surface area contributed by atoms with Gasteiger partial charge in [0.2, 0.25) is 5.95 Å². The highest BCUT2D eigenvalue weighted by atomic mass is 32.2. The molecule has 0 saturated carbocycles. The first-order valence-corrected chi connectivity index (χ1v) is 19.0. The number of benzene rings is 1. The van der Waals surface area contributed by atoms with Crippen molar-refractivity contribution in [1.29, 1.82) is 5.26 Å². The lowest BCUT2D eigenvalue weighted by atomic mass is 10.0. The van der Waals surface area contributed by atoms with Crippen LogP contribution in [0.15, 0.2) is 24.3 Å². The Morgan fingerprint density at radius 2 is 1.78 bits per heavy atom. The number of anilines is 2. The summed E-state index contributed by atoms with van der Waals surface area (Å²) >= 11 is 1.05. The third kappa shape index (κ3) is 7.85. The number of nitrogens with one attached hydrogen (secondary N) is 3. The third-order valence-corrected chi connectivity index (χ3v) is 12.5. The van der Waals surface area contributed by atoms with E-state index in [1.807, 2.05) is 6.07 Å². The summed E-state index contributed by atoms with van der Waals surface area (Å²) in [5.41, 5.74) is 3.96. The Morgan fingerprint density at radius 1 is 1.06 bits per heavy atom. The molecule has 2 saturated heterocycles. The average molecular weight is 733 g/mol. The van der Waals surface area contributed by atoms with Gasteiger partial charge in [0.25, 0.3) is 10.2 Å². The number of piperazine rings is 1. The number of nitrogens with zero attached hydrogens (tertiary/aromatic N) is 7. The number of piperidine rings is 1. The van der Waals surface area contributed by atoms with Gasteiger partial charge in [-0.3, -0.25) is 9.80 Å². The minimum Gasteiger partial charge on any atom is -0.367 e. The summed E-state index contributed by atoms with van der Waals surface area (Å²) in [5, 5.41) is 18.1. The number of likely N-dealkylation sites (tertiary alicyclic amines) is 1. The Morgan fingerprint density at radius 3 is 2.42 bits per heavy atom. The van der Waals surface area contributed by atoms with Crippen LogP contribution in [-0.4, -0.2) is 109 Å². The third-order valence-electron chi connectivity index (χ3n) is 9.89. The number of rotatable bonds is 11. The maximum absolute atomic E-state index is 13.1. The molecule has 0 amide bonds. The van der Waals surface area contributed by atoms with E-state index in [-0.39, 0.29) is 17.0 Å². The standard InChI is InChI=1S/C33H43F3N10O2S2/c1-21(44-11-13-45(14-12-44)50(47,48)39-4)19-46-25(18-37)15-27-22(2)23(5-6-29(27)46)20-43-9-7-24(8-10-43)40-30-28-16-26(17-33(34,35)36)49-31(28)42-32(38-3)41-30/h5-6,15-16,21,24,39H,7-14,17,19-20H2,1-4H3,(H2,38,40,41,42)/t21-/m0/s1. The number of aromatic nitrogens is 3. The molecular formula is C33H43F3N10O2S2. The second-order valence-corrected chi connectivity index (χ2v) is 16.1. The Bertz CT molecular complexity index is 1990. The van der Waals surface area contributed by atoms with Crippen molar-refractivity contribution in [2.45, 2.75) is 64.5 Å². The van der Waals surface area contributed by atoms with Gasteiger partial charge in [-0.2, -0.15) is 36.1 Å². The predicted octanol–water partition coefficient (Wildman–Crippen LogP) is 4.52. The summed E-state index contributed by atoms with van der Waals surface area (Å²) in [7, 11) is -0.328. The predicted molar refractivity (Wildman–Crippen MR) is 191 cm³/mol. The number of hydrogen-bond acceptors (Lipinski definition) is 10. The molecule has 2 fully saturated rings. The van der Waals surface area contributed by atoms with Crippen molar-refractivity contribution in [3.05, 3.63) is 46.0 Å². The van der Waals surface area contributed by atoms with E-state index in [1.54, 1.807) is 13.1 Å². The fraction of sp³-hybridized carbons (Fsp3) is 0.545. The van der Waals surface area contributed by atoms with Crippen LogP contribution < -0.4 is 15.4 Å². The van der Waals surface area contributed by atoms with Crippen molar-refractivity contribution in [2.75, 3.05) is 64.0 Å². The number of hydrogen-bond donors (Lipinski definition) is 3. The molecule has 0 aliphatic carbocycles. The van der Waals surface area contributed by atoms with Crippen LogP contribution in [0.4, 0.5) is 24.9 Å². The molecule has 0 radical (unpaired) electrons. The largest absolute Gasteiger partial charge is 0.393 e. The fourth-order valence-electron chi connectivity index (χ4n) is 7.02. The lowest BCUT2D eigenvalue weighted by molar-refractivity contribution is -0.126. The smallest absolute Gasteiger partial charge is 0.367 e. The van der Waals surface area contributed by atoms with Gasteiger partial charge < -0.3 is 15.2 Å². The Labute approximate surface area is 294 Å². The van der Waals surface area contributed by atoms with Crippen LogP contribution in [0, 0.1) is 18.3 Å². The zero-order valence-electron chi connectivity index (χ0n) is 28.6. The molecule has 270 valence electrons. The summed E-state index contributed by atoms with van der Waals surface area (Å²) < 4.78 is 69.6. The van der Waals surface area contributed by atoms with Crippen molar-refractivity contribution in [3.63, 3.8) is 0 Å². The first-order chi connectivity index (χ1) is 23.8. The maximum Gasteiger partial charge on any atom is 0.393 e. The van der Waals surface area contributed by atoms with E-state index in [0.717, 1.165) is 60.3 Å². The molecule has 0 bridgehead atoms. The maximum atomic E-state index is 13.1. The number of thiophene rings is 1. The van der Waals surface area contributed by atoms with Gasteiger partial charge in [0.15, 0.2) is 0 Å². The van der Waals surface area contributed by atoms with E-state index in [9.17, 15) is 26.9 Å². The molecule has 3 aromatic heterocycles. The molecule has 50 heavy (non-hydrogen) atoms. The van der Waals surface area contributed by atoms with Gasteiger partial charge in [0.05, 0.1) is 11.8 Å². The van der Waals surface area contributed by atoms with E-state index >= 15 is 0 Å². The molecule has 0 spiro atoms. The van der Waals surface area contributed by atoms with Crippen molar-refractivity contribution >= 4 is 54.4 Å². The van der Waals surface area contributed by atoms with Crippen LogP contribution in [0.2, 0.25) is 0 Å². The average Bonchev–Trinajstić information content (AvgIpc) is 3.66. The highest BCUT2D eigenvalue weighted by Crippen LogP contribution is 2.35. The lowest BCUT2D eigenvalue weighted by Crippen LogP contribution is -2.54. The molecule has 1 aromatic carbocycles. The minimum atomic E-state index is -4.29. The molecular weight excluding hydrogens is 690 g/mol. The lowest BCUT2D eigenvalue weighted by Gasteiger charge is -2.37. The van der Waals surface area contributed by atoms with Crippen LogP contribution in [0.3, 0.4) is 0 Å². The second kappa shape index (κ2) is 14.6. The Balaban J connectivity index is 1.09. The van der Waals surface area contributed by atoms with Crippen LogP contribution in [0.5, 0.6) is 0 Å². The van der Waals surface area contributed by atoms with Gasteiger partial charge in [-0.1, -0.05) is 6.07 Å². The monoisotopic (exact) mass is 732 g/mol. The minimum absolute atomic E-state index is 0.108. The molecule has 0 unspecified atom stereocenters. The first kappa shape index (κ1) is 36.3. The summed E-state index contributed by atoms with van der Waals surface area (Å²) in [6, 6.07) is 10.4. The molecule has 17 heteroatoms. The van der Waals surface area contributed by atoms with E-state index in [0.29, 0.717) is 60.4 Å². The topological polar surface area (TPSA) is 134 Å².